The number of amides is 1. The SMILES string of the molecule is CC(C)(C(=O)Nc1ccc(Oc2ccc(C(F)(F)F)cn2)nc1)S(=O)(=O)c1cccc(C(F)(F)F)c1. The van der Waals surface area contributed by atoms with Crippen LogP contribution >= 0.6 is 0 Å². The summed E-state index contributed by atoms with van der Waals surface area (Å²) >= 11 is 0. The highest BCUT2D eigenvalue weighted by Crippen LogP contribution is 2.34. The van der Waals surface area contributed by atoms with E-state index in [0.29, 0.717) is 18.3 Å². The van der Waals surface area contributed by atoms with Gasteiger partial charge in [-0.3, -0.25) is 4.79 Å². The van der Waals surface area contributed by atoms with Gasteiger partial charge in [-0.05, 0) is 44.2 Å². The number of ether oxygens (including phenoxy) is 1. The Kier molecular flexibility index (Phi) is 7.03. The molecule has 3 rings (SSSR count). The number of aromatic nitrogens is 2. The third-order valence-electron chi connectivity index (χ3n) is 4.96. The molecule has 0 aliphatic heterocycles. The van der Waals surface area contributed by atoms with Gasteiger partial charge < -0.3 is 10.1 Å². The number of hydrogen-bond acceptors (Lipinski definition) is 6. The molecule has 0 atom stereocenters. The Morgan fingerprint density at radius 3 is 1.92 bits per heavy atom. The molecule has 0 bridgehead atoms. The van der Waals surface area contributed by atoms with Crippen LogP contribution in [0.15, 0.2) is 65.8 Å². The number of alkyl halides is 6. The van der Waals surface area contributed by atoms with Crippen LogP contribution < -0.4 is 10.1 Å². The Balaban J connectivity index is 1.73. The van der Waals surface area contributed by atoms with Crippen LogP contribution in [0.3, 0.4) is 0 Å². The number of nitrogens with zero attached hydrogens (tertiary/aromatic N) is 2. The molecular weight excluding hydrogens is 516 g/mol. The highest BCUT2D eigenvalue weighted by atomic mass is 32.2. The van der Waals surface area contributed by atoms with Crippen LogP contribution in [0.4, 0.5) is 32.0 Å². The molecule has 0 aliphatic carbocycles. The maximum Gasteiger partial charge on any atom is 0.417 e. The number of hydrogen-bond donors (Lipinski definition) is 1. The van der Waals surface area contributed by atoms with E-state index in [2.05, 4.69) is 15.3 Å². The monoisotopic (exact) mass is 533 g/mol. The van der Waals surface area contributed by atoms with Gasteiger partial charge in [-0.25, -0.2) is 18.4 Å². The number of pyridine rings is 2. The number of rotatable bonds is 6. The molecule has 2 heterocycles. The Labute approximate surface area is 201 Å². The third-order valence-corrected chi connectivity index (χ3v) is 7.36. The van der Waals surface area contributed by atoms with Crippen LogP contribution in [0.1, 0.15) is 25.0 Å². The molecule has 36 heavy (non-hydrogen) atoms. The maximum atomic E-state index is 13.0. The Bertz CT molecular complexity index is 1350. The number of sulfone groups is 1. The van der Waals surface area contributed by atoms with Crippen LogP contribution in [-0.4, -0.2) is 29.0 Å². The number of carbonyl (C=O) groups is 1. The average molecular weight is 533 g/mol. The minimum absolute atomic E-state index is 0.0278. The van der Waals surface area contributed by atoms with E-state index in [1.807, 2.05) is 0 Å². The largest absolute Gasteiger partial charge is 0.421 e. The second-order valence-electron chi connectivity index (χ2n) is 7.86. The summed E-state index contributed by atoms with van der Waals surface area (Å²) in [5.74, 6) is -1.31. The topological polar surface area (TPSA) is 98.2 Å². The molecule has 3 aromatic rings. The molecule has 7 nitrogen and oxygen atoms in total. The van der Waals surface area contributed by atoms with Crippen LogP contribution in [0.2, 0.25) is 0 Å². The molecule has 0 fully saturated rings. The van der Waals surface area contributed by atoms with Crippen molar-refractivity contribution in [1.82, 2.24) is 9.97 Å². The van der Waals surface area contributed by atoms with Gasteiger partial charge >= 0.3 is 12.4 Å². The van der Waals surface area contributed by atoms with Crippen molar-refractivity contribution in [3.05, 3.63) is 72.1 Å². The van der Waals surface area contributed by atoms with Crippen molar-refractivity contribution in [1.29, 1.82) is 0 Å². The van der Waals surface area contributed by atoms with Gasteiger partial charge in [0.05, 0.1) is 27.9 Å². The molecule has 0 saturated carbocycles. The minimum Gasteiger partial charge on any atom is -0.421 e. The van der Waals surface area contributed by atoms with E-state index in [1.54, 1.807) is 0 Å². The standard InChI is InChI=1S/C22H17F6N3O4S/c1-20(2,36(33,34)16-5-3-4-13(10-16)21(23,24)25)19(32)31-15-7-9-18(30-12-15)35-17-8-6-14(11-29-17)22(26,27)28/h3-12H,1-2H3,(H,31,32). The van der Waals surface area contributed by atoms with Gasteiger partial charge in [0, 0.05) is 18.3 Å². The molecule has 14 heteroatoms. The molecule has 0 aliphatic rings. The van der Waals surface area contributed by atoms with Crippen molar-refractivity contribution in [2.45, 2.75) is 35.8 Å². The fourth-order valence-corrected chi connectivity index (χ4v) is 4.19. The summed E-state index contributed by atoms with van der Waals surface area (Å²) in [4.78, 5) is 19.5. The van der Waals surface area contributed by atoms with Gasteiger partial charge in [-0.2, -0.15) is 26.3 Å². The summed E-state index contributed by atoms with van der Waals surface area (Å²) < 4.78 is 106. The van der Waals surface area contributed by atoms with E-state index in [1.165, 1.54) is 12.1 Å². The molecule has 0 unspecified atom stereocenters. The zero-order valence-electron chi connectivity index (χ0n) is 18.5. The molecule has 1 aromatic carbocycles. The van der Waals surface area contributed by atoms with E-state index in [9.17, 15) is 39.6 Å². The summed E-state index contributed by atoms with van der Waals surface area (Å²) in [5, 5.41) is 2.32. The first kappa shape index (κ1) is 26.9. The second-order valence-corrected chi connectivity index (χ2v) is 10.4. The average Bonchev–Trinajstić information content (AvgIpc) is 2.79. The highest BCUT2D eigenvalue weighted by Gasteiger charge is 2.44. The van der Waals surface area contributed by atoms with Gasteiger partial charge in [0.1, 0.15) is 4.75 Å². The van der Waals surface area contributed by atoms with Crippen LogP contribution in [0, 0.1) is 0 Å². The lowest BCUT2D eigenvalue weighted by atomic mass is 10.2. The van der Waals surface area contributed by atoms with Gasteiger partial charge in [0.2, 0.25) is 17.7 Å². The zero-order valence-corrected chi connectivity index (χ0v) is 19.3. The summed E-state index contributed by atoms with van der Waals surface area (Å²) in [5.41, 5.74) is -2.12. The number of carbonyl (C=O) groups excluding carboxylic acids is 1. The number of halogens is 6. The predicted octanol–water partition coefficient (Wildman–Crippen LogP) is 5.50. The molecule has 1 amide bonds. The minimum atomic E-state index is -4.77. The lowest BCUT2D eigenvalue weighted by Gasteiger charge is -2.24. The van der Waals surface area contributed by atoms with Crippen molar-refractivity contribution in [3.8, 4) is 11.8 Å². The van der Waals surface area contributed by atoms with Crippen molar-refractivity contribution in [2.24, 2.45) is 0 Å². The summed E-state index contributed by atoms with van der Waals surface area (Å²) in [7, 11) is -4.55. The summed E-state index contributed by atoms with van der Waals surface area (Å²) in [6.45, 7) is 2.08. The molecule has 0 saturated heterocycles. The normalized spacial score (nSPS) is 12.8. The van der Waals surface area contributed by atoms with E-state index in [4.69, 9.17) is 4.74 Å². The van der Waals surface area contributed by atoms with Gasteiger partial charge in [-0.1, -0.05) is 6.07 Å². The van der Waals surface area contributed by atoms with Gasteiger partial charge in [-0.15, -0.1) is 0 Å². The van der Waals surface area contributed by atoms with E-state index < -0.39 is 48.9 Å². The van der Waals surface area contributed by atoms with Crippen LogP contribution in [0.25, 0.3) is 0 Å². The van der Waals surface area contributed by atoms with E-state index >= 15 is 0 Å². The molecule has 0 spiro atoms. The molecule has 1 N–H and O–H groups in total. The van der Waals surface area contributed by atoms with Crippen molar-refractivity contribution >= 4 is 21.4 Å². The van der Waals surface area contributed by atoms with Crippen molar-refractivity contribution in [3.63, 3.8) is 0 Å². The quantitative estimate of drug-likeness (QED) is 0.421. The fraction of sp³-hybridized carbons (Fsp3) is 0.227. The first-order valence-electron chi connectivity index (χ1n) is 9.92. The Morgan fingerprint density at radius 1 is 0.833 bits per heavy atom. The first-order chi connectivity index (χ1) is 16.5. The third kappa shape index (κ3) is 5.75. The fourth-order valence-electron chi connectivity index (χ4n) is 2.77. The van der Waals surface area contributed by atoms with Gasteiger partial charge in [0.15, 0.2) is 9.84 Å². The number of benzene rings is 1. The lowest BCUT2D eigenvalue weighted by molar-refractivity contribution is -0.138. The Hall–Kier alpha value is -3.68. The highest BCUT2D eigenvalue weighted by molar-refractivity contribution is 7.93. The van der Waals surface area contributed by atoms with Gasteiger partial charge in [0.25, 0.3) is 0 Å². The van der Waals surface area contributed by atoms with Crippen LogP contribution in [0.5, 0.6) is 11.8 Å². The van der Waals surface area contributed by atoms with Crippen molar-refractivity contribution in [2.75, 3.05) is 5.32 Å². The van der Waals surface area contributed by atoms with Crippen molar-refractivity contribution < 1.29 is 44.3 Å². The van der Waals surface area contributed by atoms with E-state index in [-0.39, 0.29) is 17.4 Å². The first-order valence-corrected chi connectivity index (χ1v) is 11.4. The Morgan fingerprint density at radius 2 is 1.42 bits per heavy atom. The molecular formula is C22H17F6N3O4S. The zero-order chi connectivity index (χ0) is 26.9. The summed E-state index contributed by atoms with van der Waals surface area (Å²) in [6, 6.07) is 7.32. The number of nitrogens with one attached hydrogen (secondary N) is 1. The van der Waals surface area contributed by atoms with E-state index in [0.717, 1.165) is 44.3 Å². The molecule has 192 valence electrons. The smallest absolute Gasteiger partial charge is 0.417 e. The molecule has 2 aromatic heterocycles. The predicted molar refractivity (Wildman–Crippen MR) is 115 cm³/mol. The number of anilines is 1. The maximum absolute atomic E-state index is 13.0. The molecule has 0 radical (unpaired) electrons. The van der Waals surface area contributed by atoms with Crippen LogP contribution in [-0.2, 0) is 27.0 Å². The lowest BCUT2D eigenvalue weighted by Crippen LogP contribution is -2.44. The summed E-state index contributed by atoms with van der Waals surface area (Å²) in [6.07, 6.45) is -7.67. The second kappa shape index (κ2) is 9.41.